The standard InChI is InChI=1S/C21H19N7/c1-27(2)17-11-9-16(10-12-17)15-24-28-20(18-7-3-5-13-22-18)25-26-21(28)19-8-4-6-14-23-19/h3-15H,1-2H3. The zero-order valence-corrected chi connectivity index (χ0v) is 15.6. The van der Waals surface area contributed by atoms with Crippen LogP contribution in [0.5, 0.6) is 0 Å². The number of hydrogen-bond donors (Lipinski definition) is 0. The second-order valence-electron chi connectivity index (χ2n) is 6.32. The smallest absolute Gasteiger partial charge is 0.203 e. The maximum Gasteiger partial charge on any atom is 0.203 e. The fourth-order valence-corrected chi connectivity index (χ4v) is 2.68. The van der Waals surface area contributed by atoms with Crippen LogP contribution in [-0.2, 0) is 0 Å². The highest BCUT2D eigenvalue weighted by molar-refractivity contribution is 5.80. The van der Waals surface area contributed by atoms with Gasteiger partial charge in [0.15, 0.2) is 0 Å². The number of hydrogen-bond acceptors (Lipinski definition) is 6. The highest BCUT2D eigenvalue weighted by Crippen LogP contribution is 2.22. The third kappa shape index (κ3) is 3.64. The summed E-state index contributed by atoms with van der Waals surface area (Å²) in [5, 5.41) is 13.2. The minimum absolute atomic E-state index is 0.558. The van der Waals surface area contributed by atoms with Crippen molar-refractivity contribution in [1.29, 1.82) is 0 Å². The molecule has 0 aliphatic carbocycles. The third-order valence-electron chi connectivity index (χ3n) is 4.16. The van der Waals surface area contributed by atoms with Gasteiger partial charge >= 0.3 is 0 Å². The van der Waals surface area contributed by atoms with Gasteiger partial charge in [0, 0.05) is 32.2 Å². The van der Waals surface area contributed by atoms with Gasteiger partial charge in [0.05, 0.1) is 6.21 Å². The van der Waals surface area contributed by atoms with Gasteiger partial charge in [-0.3, -0.25) is 9.97 Å². The average Bonchev–Trinajstić information content (AvgIpc) is 3.17. The molecule has 28 heavy (non-hydrogen) atoms. The van der Waals surface area contributed by atoms with Gasteiger partial charge in [-0.2, -0.15) is 9.78 Å². The Bertz CT molecular complexity index is 1010. The first kappa shape index (κ1) is 17.5. The molecular weight excluding hydrogens is 350 g/mol. The van der Waals surface area contributed by atoms with E-state index in [9.17, 15) is 0 Å². The van der Waals surface area contributed by atoms with E-state index in [1.807, 2.05) is 74.8 Å². The first-order chi connectivity index (χ1) is 13.7. The van der Waals surface area contributed by atoms with E-state index in [0.717, 1.165) is 11.3 Å². The van der Waals surface area contributed by atoms with Gasteiger partial charge in [-0.25, -0.2) is 0 Å². The maximum absolute atomic E-state index is 4.64. The van der Waals surface area contributed by atoms with Crippen LogP contribution in [0.15, 0.2) is 78.2 Å². The van der Waals surface area contributed by atoms with Crippen molar-refractivity contribution in [2.75, 3.05) is 19.0 Å². The van der Waals surface area contributed by atoms with Crippen LogP contribution in [0.25, 0.3) is 23.0 Å². The number of nitrogens with zero attached hydrogens (tertiary/aromatic N) is 7. The van der Waals surface area contributed by atoms with Crippen LogP contribution < -0.4 is 4.90 Å². The molecule has 1 aromatic carbocycles. The molecule has 7 heteroatoms. The fraction of sp³-hybridized carbons (Fsp3) is 0.0952. The van der Waals surface area contributed by atoms with Crippen molar-refractivity contribution in [3.05, 3.63) is 78.6 Å². The van der Waals surface area contributed by atoms with E-state index in [0.29, 0.717) is 23.0 Å². The lowest BCUT2D eigenvalue weighted by Gasteiger charge is -2.11. The highest BCUT2D eigenvalue weighted by Gasteiger charge is 2.16. The lowest BCUT2D eigenvalue weighted by atomic mass is 10.2. The molecule has 0 fully saturated rings. The number of benzene rings is 1. The number of pyridine rings is 2. The summed E-state index contributed by atoms with van der Waals surface area (Å²) in [6, 6.07) is 19.4. The summed E-state index contributed by atoms with van der Waals surface area (Å²) in [5.74, 6) is 1.12. The Morgan fingerprint density at radius 2 is 1.36 bits per heavy atom. The van der Waals surface area contributed by atoms with Crippen LogP contribution in [0.2, 0.25) is 0 Å². The van der Waals surface area contributed by atoms with Gasteiger partial charge in [0.2, 0.25) is 11.6 Å². The molecule has 0 saturated carbocycles. The SMILES string of the molecule is CN(C)c1ccc(C=Nn2c(-c3ccccn3)nnc2-c2ccccn2)cc1. The Hall–Kier alpha value is -3.87. The summed E-state index contributed by atoms with van der Waals surface area (Å²) in [5.41, 5.74) is 3.48. The molecule has 0 amide bonds. The molecule has 0 radical (unpaired) electrons. The molecule has 0 N–H and O–H groups in total. The molecule has 0 saturated heterocycles. The van der Waals surface area contributed by atoms with Crippen molar-refractivity contribution in [2.45, 2.75) is 0 Å². The van der Waals surface area contributed by atoms with E-state index in [4.69, 9.17) is 0 Å². The lowest BCUT2D eigenvalue weighted by Crippen LogP contribution is -2.08. The second kappa shape index (κ2) is 7.79. The van der Waals surface area contributed by atoms with Crippen LogP contribution in [0.1, 0.15) is 5.56 Å². The van der Waals surface area contributed by atoms with Gasteiger partial charge in [-0.1, -0.05) is 24.3 Å². The van der Waals surface area contributed by atoms with E-state index in [1.165, 1.54) is 0 Å². The van der Waals surface area contributed by atoms with E-state index in [1.54, 1.807) is 23.3 Å². The predicted molar refractivity (Wildman–Crippen MR) is 110 cm³/mol. The normalized spacial score (nSPS) is 11.1. The van der Waals surface area contributed by atoms with Gasteiger partial charge < -0.3 is 4.90 Å². The first-order valence-corrected chi connectivity index (χ1v) is 8.82. The zero-order chi connectivity index (χ0) is 19.3. The summed E-state index contributed by atoms with van der Waals surface area (Å²) in [7, 11) is 4.02. The third-order valence-corrected chi connectivity index (χ3v) is 4.16. The molecule has 4 rings (SSSR count). The molecular formula is C21H19N7. The largest absolute Gasteiger partial charge is 0.378 e. The molecule has 0 spiro atoms. The molecule has 0 aliphatic rings. The molecule has 0 unspecified atom stereocenters. The number of aromatic nitrogens is 5. The Morgan fingerprint density at radius 3 is 1.82 bits per heavy atom. The summed E-state index contributed by atoms with van der Waals surface area (Å²) in [6.07, 6.45) is 5.22. The highest BCUT2D eigenvalue weighted by atomic mass is 15.5. The van der Waals surface area contributed by atoms with Crippen LogP contribution in [-0.4, -0.2) is 45.2 Å². The molecule has 0 atom stereocenters. The monoisotopic (exact) mass is 369 g/mol. The quantitative estimate of drug-likeness (QED) is 0.505. The van der Waals surface area contributed by atoms with Crippen molar-refractivity contribution in [1.82, 2.24) is 24.8 Å². The molecule has 7 nitrogen and oxygen atoms in total. The van der Waals surface area contributed by atoms with Crippen molar-refractivity contribution in [2.24, 2.45) is 5.10 Å². The fourth-order valence-electron chi connectivity index (χ4n) is 2.68. The molecule has 3 heterocycles. The average molecular weight is 369 g/mol. The van der Waals surface area contributed by atoms with Crippen LogP contribution in [0, 0.1) is 0 Å². The molecule has 4 aromatic rings. The summed E-state index contributed by atoms with van der Waals surface area (Å²) >= 11 is 0. The van der Waals surface area contributed by atoms with Crippen molar-refractivity contribution < 1.29 is 0 Å². The molecule has 0 aliphatic heterocycles. The number of anilines is 1. The van der Waals surface area contributed by atoms with Crippen LogP contribution in [0.4, 0.5) is 5.69 Å². The minimum atomic E-state index is 0.558. The van der Waals surface area contributed by atoms with Crippen LogP contribution >= 0.6 is 0 Å². The van der Waals surface area contributed by atoms with Gasteiger partial charge in [-0.15, -0.1) is 10.2 Å². The van der Waals surface area contributed by atoms with E-state index in [2.05, 4.69) is 30.2 Å². The van der Waals surface area contributed by atoms with Gasteiger partial charge in [0.25, 0.3) is 0 Å². The van der Waals surface area contributed by atoms with Gasteiger partial charge in [-0.05, 0) is 42.0 Å². The van der Waals surface area contributed by atoms with Crippen molar-refractivity contribution in [3.8, 4) is 23.0 Å². The molecule has 3 aromatic heterocycles. The summed E-state index contributed by atoms with van der Waals surface area (Å²) in [6.45, 7) is 0. The summed E-state index contributed by atoms with van der Waals surface area (Å²) < 4.78 is 1.67. The Labute approximate surface area is 163 Å². The topological polar surface area (TPSA) is 72.1 Å². The minimum Gasteiger partial charge on any atom is -0.378 e. The van der Waals surface area contributed by atoms with E-state index in [-0.39, 0.29) is 0 Å². The molecule has 138 valence electrons. The van der Waals surface area contributed by atoms with Crippen molar-refractivity contribution >= 4 is 11.9 Å². The second-order valence-corrected chi connectivity index (χ2v) is 6.32. The van der Waals surface area contributed by atoms with Crippen LogP contribution in [0.3, 0.4) is 0 Å². The van der Waals surface area contributed by atoms with Gasteiger partial charge in [0.1, 0.15) is 11.4 Å². The van der Waals surface area contributed by atoms with E-state index < -0.39 is 0 Å². The summed E-state index contributed by atoms with van der Waals surface area (Å²) in [4.78, 5) is 10.8. The lowest BCUT2D eigenvalue weighted by molar-refractivity contribution is 0.887. The first-order valence-electron chi connectivity index (χ1n) is 8.82. The van der Waals surface area contributed by atoms with Crippen molar-refractivity contribution in [3.63, 3.8) is 0 Å². The molecule has 0 bridgehead atoms. The predicted octanol–water partition coefficient (Wildman–Crippen LogP) is 3.35. The Balaban J connectivity index is 1.76. The maximum atomic E-state index is 4.64. The Morgan fingerprint density at radius 1 is 0.786 bits per heavy atom. The number of rotatable bonds is 5. The van der Waals surface area contributed by atoms with E-state index >= 15 is 0 Å². The Kier molecular flexibility index (Phi) is 4.88. The zero-order valence-electron chi connectivity index (χ0n) is 15.6.